The first-order valence-electron chi connectivity index (χ1n) is 5.08. The monoisotopic (exact) mass is 237 g/mol. The molecule has 0 saturated heterocycles. The third kappa shape index (κ3) is 4.42. The van der Waals surface area contributed by atoms with Gasteiger partial charge in [0.15, 0.2) is 12.4 Å². The summed E-state index contributed by atoms with van der Waals surface area (Å²) in [4.78, 5) is 11.4. The van der Waals surface area contributed by atoms with Crippen LogP contribution in [0.1, 0.15) is 6.92 Å². The normalized spacial score (nSPS) is 12.9. The van der Waals surface area contributed by atoms with Gasteiger partial charge in [0, 0.05) is 0 Å². The van der Waals surface area contributed by atoms with E-state index in [1.54, 1.807) is 19.1 Å². The van der Waals surface area contributed by atoms with Crippen LogP contribution >= 0.6 is 0 Å². The molecule has 0 bridgehead atoms. The molecule has 0 saturated carbocycles. The van der Waals surface area contributed by atoms with Gasteiger partial charge in [0.1, 0.15) is 5.75 Å². The highest BCUT2D eigenvalue weighted by atomic mass is 16.5. The van der Waals surface area contributed by atoms with Crippen LogP contribution in [-0.2, 0) is 4.79 Å². The largest absolute Gasteiger partial charge is 0.484 e. The maximum Gasteiger partial charge on any atom is 0.258 e. The summed E-state index contributed by atoms with van der Waals surface area (Å²) in [6.45, 7) is 1.49. The fourth-order valence-electron chi connectivity index (χ4n) is 1.11. The zero-order valence-corrected chi connectivity index (χ0v) is 9.46. The van der Waals surface area contributed by atoms with Crippen molar-refractivity contribution in [3.05, 3.63) is 30.3 Å². The summed E-state index contributed by atoms with van der Waals surface area (Å²) in [5.41, 5.74) is 5.32. The van der Waals surface area contributed by atoms with Crippen molar-refractivity contribution < 1.29 is 14.7 Å². The first kappa shape index (κ1) is 12.8. The molecular formula is C11H15N3O3. The molecule has 0 heterocycles. The fourth-order valence-corrected chi connectivity index (χ4v) is 1.11. The number of rotatable bonds is 5. The average Bonchev–Trinajstić information content (AvgIpc) is 2.36. The molecule has 1 unspecified atom stereocenters. The maximum absolute atomic E-state index is 11.4. The highest BCUT2D eigenvalue weighted by Gasteiger charge is 2.11. The van der Waals surface area contributed by atoms with Gasteiger partial charge in [-0.15, -0.1) is 0 Å². The standard InChI is InChI=1S/C11H15N3O3/c1-8(11(12)14-16)13-10(15)7-17-9-5-3-2-4-6-9/h2-6,8,16H,7H2,1H3,(H2,12,14)(H,13,15). The van der Waals surface area contributed by atoms with E-state index in [9.17, 15) is 4.79 Å². The van der Waals surface area contributed by atoms with Gasteiger partial charge in [-0.1, -0.05) is 23.4 Å². The highest BCUT2D eigenvalue weighted by molar-refractivity contribution is 5.89. The van der Waals surface area contributed by atoms with Gasteiger partial charge in [-0.25, -0.2) is 0 Å². The second kappa shape index (κ2) is 6.37. The SMILES string of the molecule is CC(NC(=O)COc1ccccc1)/C(N)=N/O. The van der Waals surface area contributed by atoms with Crippen LogP contribution < -0.4 is 15.8 Å². The molecule has 6 heteroatoms. The third-order valence-electron chi connectivity index (χ3n) is 2.05. The molecule has 0 aliphatic heterocycles. The Morgan fingerprint density at radius 1 is 1.53 bits per heavy atom. The number of hydrogen-bond donors (Lipinski definition) is 3. The molecule has 1 amide bonds. The van der Waals surface area contributed by atoms with Crippen LogP contribution in [0.15, 0.2) is 35.5 Å². The van der Waals surface area contributed by atoms with Crippen LogP contribution in [0.4, 0.5) is 0 Å². The highest BCUT2D eigenvalue weighted by Crippen LogP contribution is 2.07. The summed E-state index contributed by atoms with van der Waals surface area (Å²) in [7, 11) is 0. The topological polar surface area (TPSA) is 96.9 Å². The molecule has 92 valence electrons. The van der Waals surface area contributed by atoms with Crippen molar-refractivity contribution in [2.75, 3.05) is 6.61 Å². The molecule has 17 heavy (non-hydrogen) atoms. The number of carbonyl (C=O) groups excluding carboxylic acids is 1. The van der Waals surface area contributed by atoms with Gasteiger partial charge in [-0.05, 0) is 19.1 Å². The number of amides is 1. The number of hydrogen-bond acceptors (Lipinski definition) is 4. The number of benzene rings is 1. The molecule has 6 nitrogen and oxygen atoms in total. The molecule has 0 radical (unpaired) electrons. The Balaban J connectivity index is 2.36. The van der Waals surface area contributed by atoms with E-state index in [1.807, 2.05) is 18.2 Å². The molecule has 4 N–H and O–H groups in total. The molecule has 1 atom stereocenters. The minimum absolute atomic E-state index is 0.0574. The Hall–Kier alpha value is -2.24. The lowest BCUT2D eigenvalue weighted by Gasteiger charge is -2.12. The summed E-state index contributed by atoms with van der Waals surface area (Å²) in [6.07, 6.45) is 0. The number of oxime groups is 1. The van der Waals surface area contributed by atoms with E-state index in [4.69, 9.17) is 15.7 Å². The van der Waals surface area contributed by atoms with E-state index < -0.39 is 6.04 Å². The van der Waals surface area contributed by atoms with Crippen molar-refractivity contribution in [1.82, 2.24) is 5.32 Å². The van der Waals surface area contributed by atoms with Crippen LogP contribution in [0, 0.1) is 0 Å². The van der Waals surface area contributed by atoms with E-state index >= 15 is 0 Å². The molecular weight excluding hydrogens is 222 g/mol. The first-order valence-corrected chi connectivity index (χ1v) is 5.08. The molecule has 0 aliphatic rings. The fraction of sp³-hybridized carbons (Fsp3) is 0.273. The van der Waals surface area contributed by atoms with Crippen LogP contribution in [0.2, 0.25) is 0 Å². The molecule has 0 spiro atoms. The average molecular weight is 237 g/mol. The number of ether oxygens (including phenoxy) is 1. The van der Waals surface area contributed by atoms with Crippen LogP contribution in [0.3, 0.4) is 0 Å². The first-order chi connectivity index (χ1) is 8.13. The van der Waals surface area contributed by atoms with E-state index in [0.29, 0.717) is 5.75 Å². The van der Waals surface area contributed by atoms with Crippen LogP contribution in [0.25, 0.3) is 0 Å². The maximum atomic E-state index is 11.4. The lowest BCUT2D eigenvalue weighted by molar-refractivity contribution is -0.123. The summed E-state index contributed by atoms with van der Waals surface area (Å²) in [5.74, 6) is 0.213. The third-order valence-corrected chi connectivity index (χ3v) is 2.05. The Kier molecular flexibility index (Phi) is 4.80. The van der Waals surface area contributed by atoms with E-state index in [-0.39, 0.29) is 18.3 Å². The lowest BCUT2D eigenvalue weighted by atomic mass is 10.3. The zero-order chi connectivity index (χ0) is 12.7. The van der Waals surface area contributed by atoms with Crippen molar-refractivity contribution in [3.63, 3.8) is 0 Å². The van der Waals surface area contributed by atoms with Crippen LogP contribution in [-0.4, -0.2) is 29.6 Å². The quantitative estimate of drug-likeness (QED) is 0.297. The minimum Gasteiger partial charge on any atom is -0.484 e. The second-order valence-corrected chi connectivity index (χ2v) is 3.42. The van der Waals surface area contributed by atoms with Gasteiger partial charge in [0.25, 0.3) is 5.91 Å². The predicted molar refractivity (Wildman–Crippen MR) is 63.0 cm³/mol. The summed E-state index contributed by atoms with van der Waals surface area (Å²) in [6, 6.07) is 8.44. The Morgan fingerprint density at radius 3 is 2.76 bits per heavy atom. The number of carbonyl (C=O) groups is 1. The van der Waals surface area contributed by atoms with Crippen molar-refractivity contribution >= 4 is 11.7 Å². The van der Waals surface area contributed by atoms with Gasteiger partial charge < -0.3 is 21.0 Å². The van der Waals surface area contributed by atoms with Gasteiger partial charge in [0.05, 0.1) is 6.04 Å². The van der Waals surface area contributed by atoms with E-state index in [2.05, 4.69) is 10.5 Å². The Labute approximate surface area is 99.1 Å². The van der Waals surface area contributed by atoms with Crippen molar-refractivity contribution in [1.29, 1.82) is 0 Å². The molecule has 1 rings (SSSR count). The molecule has 1 aromatic rings. The van der Waals surface area contributed by atoms with Gasteiger partial charge >= 0.3 is 0 Å². The Morgan fingerprint density at radius 2 is 2.18 bits per heavy atom. The van der Waals surface area contributed by atoms with Gasteiger partial charge in [0.2, 0.25) is 0 Å². The summed E-state index contributed by atoms with van der Waals surface area (Å²) < 4.78 is 5.23. The van der Waals surface area contributed by atoms with E-state index in [0.717, 1.165) is 0 Å². The van der Waals surface area contributed by atoms with Crippen molar-refractivity contribution in [2.45, 2.75) is 13.0 Å². The Bertz CT molecular complexity index is 392. The van der Waals surface area contributed by atoms with Gasteiger partial charge in [-0.3, -0.25) is 4.79 Å². The number of para-hydroxylation sites is 1. The van der Waals surface area contributed by atoms with Crippen molar-refractivity contribution in [3.8, 4) is 5.75 Å². The minimum atomic E-state index is -0.535. The predicted octanol–water partition coefficient (Wildman–Crippen LogP) is 0.316. The molecule has 0 fully saturated rings. The number of nitrogens with one attached hydrogen (secondary N) is 1. The smallest absolute Gasteiger partial charge is 0.258 e. The van der Waals surface area contributed by atoms with Crippen molar-refractivity contribution in [2.24, 2.45) is 10.9 Å². The van der Waals surface area contributed by atoms with E-state index in [1.165, 1.54) is 0 Å². The van der Waals surface area contributed by atoms with Gasteiger partial charge in [-0.2, -0.15) is 0 Å². The summed E-state index contributed by atoms with van der Waals surface area (Å²) >= 11 is 0. The number of nitrogens with zero attached hydrogens (tertiary/aromatic N) is 1. The molecule has 1 aromatic carbocycles. The molecule has 0 aliphatic carbocycles. The second-order valence-electron chi connectivity index (χ2n) is 3.42. The van der Waals surface area contributed by atoms with Crippen LogP contribution in [0.5, 0.6) is 5.75 Å². The number of amidine groups is 1. The summed E-state index contributed by atoms with van der Waals surface area (Å²) in [5, 5.41) is 13.7. The number of nitrogens with two attached hydrogens (primary N) is 1. The lowest BCUT2D eigenvalue weighted by Crippen LogP contribution is -2.44. The molecule has 0 aromatic heterocycles. The zero-order valence-electron chi connectivity index (χ0n) is 9.46.